The van der Waals surface area contributed by atoms with Crippen LogP contribution in [-0.4, -0.2) is 15.0 Å². The summed E-state index contributed by atoms with van der Waals surface area (Å²) in [5.41, 5.74) is 0.659. The first-order valence-corrected chi connectivity index (χ1v) is 8.30. The minimum absolute atomic E-state index is 0.123. The number of alkyl halides is 6. The van der Waals surface area contributed by atoms with E-state index in [9.17, 15) is 0 Å². The molecule has 0 radical (unpaired) electrons. The van der Waals surface area contributed by atoms with Gasteiger partial charge in [0.2, 0.25) is 7.59 Å². The molecule has 0 amide bonds. The van der Waals surface area contributed by atoms with Crippen molar-refractivity contribution in [1.82, 2.24) is 15.0 Å². The number of benzene rings is 1. The van der Waals surface area contributed by atoms with Crippen molar-refractivity contribution in [2.24, 2.45) is 0 Å². The molecule has 3 nitrogen and oxygen atoms in total. The van der Waals surface area contributed by atoms with Crippen molar-refractivity contribution in [3.63, 3.8) is 0 Å². The summed E-state index contributed by atoms with van der Waals surface area (Å²) in [6.07, 6.45) is 0. The Morgan fingerprint density at radius 2 is 1.14 bits per heavy atom. The maximum Gasteiger partial charge on any atom is 0.250 e. The van der Waals surface area contributed by atoms with Crippen molar-refractivity contribution in [2.75, 3.05) is 0 Å². The van der Waals surface area contributed by atoms with Gasteiger partial charge in [-0.1, -0.05) is 97.7 Å². The molecule has 2 aromatic rings. The summed E-state index contributed by atoms with van der Waals surface area (Å²) in [5, 5.41) is 0. The first-order valence-electron chi connectivity index (χ1n) is 5.24. The van der Waals surface area contributed by atoms with Crippen LogP contribution in [0.15, 0.2) is 28.7 Å². The molecule has 1 heterocycles. The third-order valence-electron chi connectivity index (χ3n) is 2.24. The SMILES string of the molecule is ClC(Cl)(Cl)c1nc(-c2ccc(Br)cc2)nc(C(Cl)(Cl)Cl)n1. The molecule has 1 aromatic heterocycles. The minimum atomic E-state index is -1.86. The van der Waals surface area contributed by atoms with Gasteiger partial charge in [0.15, 0.2) is 17.5 Å². The molecule has 0 unspecified atom stereocenters. The summed E-state index contributed by atoms with van der Waals surface area (Å²) in [5.74, 6) is -0.0105. The molecule has 10 heteroatoms. The standard InChI is InChI=1S/C11H4BrCl6N3/c12-6-3-1-5(2-4-6)7-19-8(10(13,14)15)21-9(20-7)11(16,17)18/h1-4H. The fourth-order valence-electron chi connectivity index (χ4n) is 1.36. The van der Waals surface area contributed by atoms with E-state index in [1.165, 1.54) is 0 Å². The van der Waals surface area contributed by atoms with Crippen LogP contribution in [0.1, 0.15) is 11.6 Å². The van der Waals surface area contributed by atoms with E-state index in [1.807, 2.05) is 12.1 Å². The van der Waals surface area contributed by atoms with Crippen LogP contribution in [-0.2, 0) is 7.59 Å². The van der Waals surface area contributed by atoms with Crippen LogP contribution < -0.4 is 0 Å². The zero-order valence-corrected chi connectivity index (χ0v) is 15.9. The van der Waals surface area contributed by atoms with Crippen molar-refractivity contribution in [3.8, 4) is 11.4 Å². The van der Waals surface area contributed by atoms with Crippen molar-refractivity contribution in [2.45, 2.75) is 7.59 Å². The fourth-order valence-corrected chi connectivity index (χ4v) is 2.13. The number of hydrogen-bond donors (Lipinski definition) is 0. The van der Waals surface area contributed by atoms with Gasteiger partial charge in [0.1, 0.15) is 0 Å². The molecule has 0 aliphatic heterocycles. The predicted molar refractivity (Wildman–Crippen MR) is 91.4 cm³/mol. The second kappa shape index (κ2) is 6.52. The maximum atomic E-state index is 5.81. The second-order valence-electron chi connectivity index (χ2n) is 3.81. The third kappa shape index (κ3) is 4.71. The van der Waals surface area contributed by atoms with Gasteiger partial charge in [-0.3, -0.25) is 0 Å². The van der Waals surface area contributed by atoms with Crippen LogP contribution in [0.3, 0.4) is 0 Å². The molecule has 0 aliphatic carbocycles. The summed E-state index contributed by atoms with van der Waals surface area (Å²) >= 11 is 38.2. The van der Waals surface area contributed by atoms with E-state index in [-0.39, 0.29) is 17.5 Å². The van der Waals surface area contributed by atoms with Crippen LogP contribution in [0.25, 0.3) is 11.4 Å². The lowest BCUT2D eigenvalue weighted by atomic mass is 10.2. The van der Waals surface area contributed by atoms with Crippen LogP contribution in [0.2, 0.25) is 0 Å². The lowest BCUT2D eigenvalue weighted by molar-refractivity contribution is 0.851. The van der Waals surface area contributed by atoms with Gasteiger partial charge >= 0.3 is 0 Å². The smallest absolute Gasteiger partial charge is 0.209 e. The molecule has 0 N–H and O–H groups in total. The Labute approximate surface area is 159 Å². The first-order chi connectivity index (χ1) is 9.57. The van der Waals surface area contributed by atoms with Crippen LogP contribution in [0.5, 0.6) is 0 Å². The van der Waals surface area contributed by atoms with Gasteiger partial charge in [-0.2, -0.15) is 0 Å². The van der Waals surface area contributed by atoms with E-state index in [4.69, 9.17) is 69.6 Å². The van der Waals surface area contributed by atoms with Gasteiger partial charge in [-0.15, -0.1) is 0 Å². The Kier molecular flexibility index (Phi) is 5.52. The maximum absolute atomic E-state index is 5.81. The third-order valence-corrected chi connectivity index (χ3v) is 3.79. The number of aromatic nitrogens is 3. The Bertz CT molecular complexity index is 618. The molecule has 0 spiro atoms. The topological polar surface area (TPSA) is 38.7 Å². The molecular formula is C11H4BrCl6N3. The molecule has 0 fully saturated rings. The van der Waals surface area contributed by atoms with E-state index in [2.05, 4.69) is 30.9 Å². The highest BCUT2D eigenvalue weighted by molar-refractivity contribution is 9.10. The predicted octanol–water partition coefficient (Wildman–Crippen LogP) is 5.95. The molecule has 0 saturated carbocycles. The lowest BCUT2D eigenvalue weighted by Gasteiger charge is -2.15. The van der Waals surface area contributed by atoms with E-state index in [1.54, 1.807) is 12.1 Å². The van der Waals surface area contributed by atoms with Crippen molar-refractivity contribution < 1.29 is 0 Å². The minimum Gasteiger partial charge on any atom is -0.209 e. The normalized spacial score (nSPS) is 12.5. The van der Waals surface area contributed by atoms with Crippen molar-refractivity contribution >= 4 is 85.5 Å². The monoisotopic (exact) mass is 467 g/mol. The molecule has 0 aliphatic rings. The largest absolute Gasteiger partial charge is 0.250 e. The fraction of sp³-hybridized carbons (Fsp3) is 0.182. The highest BCUT2D eigenvalue weighted by Gasteiger charge is 2.33. The quantitative estimate of drug-likeness (QED) is 0.483. The highest BCUT2D eigenvalue weighted by Crippen LogP contribution is 2.40. The van der Waals surface area contributed by atoms with E-state index in [0.29, 0.717) is 5.56 Å². The Morgan fingerprint density at radius 1 is 0.714 bits per heavy atom. The van der Waals surface area contributed by atoms with Gasteiger partial charge in [-0.05, 0) is 12.1 Å². The summed E-state index contributed by atoms with van der Waals surface area (Å²) in [6.45, 7) is 0. The summed E-state index contributed by atoms with van der Waals surface area (Å²) < 4.78 is -2.83. The lowest BCUT2D eigenvalue weighted by Crippen LogP contribution is -2.16. The van der Waals surface area contributed by atoms with Gasteiger partial charge in [-0.25, -0.2) is 15.0 Å². The van der Waals surface area contributed by atoms with Gasteiger partial charge in [0, 0.05) is 10.0 Å². The first kappa shape index (κ1) is 17.8. The average molecular weight is 471 g/mol. The van der Waals surface area contributed by atoms with E-state index < -0.39 is 7.59 Å². The van der Waals surface area contributed by atoms with Gasteiger partial charge in [0.25, 0.3) is 0 Å². The molecule has 1 aromatic carbocycles. The average Bonchev–Trinajstić information content (AvgIpc) is 2.37. The van der Waals surface area contributed by atoms with E-state index >= 15 is 0 Å². The summed E-state index contributed by atoms with van der Waals surface area (Å²) in [7, 11) is 0. The Hall–Kier alpha value is 0.450. The second-order valence-corrected chi connectivity index (χ2v) is 9.29. The number of rotatable bonds is 1. The molecule has 0 saturated heterocycles. The molecule has 112 valence electrons. The van der Waals surface area contributed by atoms with Gasteiger partial charge in [0.05, 0.1) is 0 Å². The Morgan fingerprint density at radius 3 is 1.52 bits per heavy atom. The molecule has 0 atom stereocenters. The van der Waals surface area contributed by atoms with Crippen molar-refractivity contribution in [3.05, 3.63) is 40.4 Å². The zero-order valence-electron chi connectivity index (χ0n) is 9.80. The van der Waals surface area contributed by atoms with Gasteiger partial charge < -0.3 is 0 Å². The number of halogens is 7. The van der Waals surface area contributed by atoms with Crippen molar-refractivity contribution in [1.29, 1.82) is 0 Å². The molecule has 21 heavy (non-hydrogen) atoms. The highest BCUT2D eigenvalue weighted by atomic mass is 79.9. The molecule has 0 bridgehead atoms. The number of nitrogens with zero attached hydrogens (tertiary/aromatic N) is 3. The zero-order chi connectivity index (χ0) is 15.8. The molecule has 2 rings (SSSR count). The Balaban J connectivity index is 2.63. The van der Waals surface area contributed by atoms with E-state index in [0.717, 1.165) is 4.47 Å². The summed E-state index contributed by atoms with van der Waals surface area (Å²) in [4.78, 5) is 12.1. The van der Waals surface area contributed by atoms with Crippen LogP contribution in [0.4, 0.5) is 0 Å². The number of hydrogen-bond acceptors (Lipinski definition) is 3. The summed E-state index contributed by atoms with van der Waals surface area (Å²) in [6, 6.07) is 7.15. The van der Waals surface area contributed by atoms with Crippen LogP contribution >= 0.6 is 85.5 Å². The van der Waals surface area contributed by atoms with Crippen LogP contribution in [0, 0.1) is 0 Å². The molecular weight excluding hydrogens is 467 g/mol.